The van der Waals surface area contributed by atoms with Crippen LogP contribution in [0.5, 0.6) is 0 Å². The minimum absolute atomic E-state index is 0.0445. The molecule has 0 saturated carbocycles. The number of ether oxygens (including phenoxy) is 1. The first-order valence-electron chi connectivity index (χ1n) is 5.55. The average Bonchev–Trinajstić information content (AvgIpc) is 2.17. The third kappa shape index (κ3) is 9.52. The van der Waals surface area contributed by atoms with E-state index < -0.39 is 0 Å². The van der Waals surface area contributed by atoms with Crippen molar-refractivity contribution in [2.24, 2.45) is 0 Å². The lowest BCUT2D eigenvalue weighted by Gasteiger charge is -2.01. The minimum Gasteiger partial charge on any atom is -0.466 e. The zero-order chi connectivity index (χ0) is 10.6. The van der Waals surface area contributed by atoms with Gasteiger partial charge in [0.15, 0.2) is 0 Å². The minimum atomic E-state index is -0.0907. The highest BCUT2D eigenvalue weighted by molar-refractivity contribution is 5.69. The van der Waals surface area contributed by atoms with Gasteiger partial charge in [-0.15, -0.1) is 0 Å². The molecule has 0 N–H and O–H groups in total. The van der Waals surface area contributed by atoms with E-state index in [0.717, 1.165) is 38.5 Å². The zero-order valence-electron chi connectivity index (χ0n) is 9.09. The normalized spacial score (nSPS) is 10.1. The van der Waals surface area contributed by atoms with Crippen LogP contribution in [-0.2, 0) is 14.6 Å². The van der Waals surface area contributed by atoms with Gasteiger partial charge in [0.1, 0.15) is 0 Å². The van der Waals surface area contributed by atoms with E-state index in [9.17, 15) is 9.90 Å². The Morgan fingerprint density at radius 1 is 1.00 bits per heavy atom. The maximum absolute atomic E-state index is 10.9. The molecule has 3 nitrogen and oxygen atoms in total. The molecule has 0 bridgehead atoms. The molecule has 0 aromatic rings. The van der Waals surface area contributed by atoms with E-state index in [1.807, 2.05) is 6.92 Å². The zero-order valence-corrected chi connectivity index (χ0v) is 9.09. The van der Waals surface area contributed by atoms with Gasteiger partial charge < -0.3 is 4.74 Å². The molecule has 0 aromatic carbocycles. The Balaban J connectivity index is 3.01. The number of hydrogen-bond donors (Lipinski definition) is 0. The van der Waals surface area contributed by atoms with Crippen LogP contribution >= 0.6 is 0 Å². The van der Waals surface area contributed by atoms with Crippen molar-refractivity contribution in [1.29, 1.82) is 0 Å². The monoisotopic (exact) mass is 201 g/mol. The van der Waals surface area contributed by atoms with Crippen LogP contribution in [0.4, 0.5) is 0 Å². The summed E-state index contributed by atoms with van der Waals surface area (Å²) in [4.78, 5) is 10.9. The van der Waals surface area contributed by atoms with Crippen LogP contribution in [0.3, 0.4) is 0 Å². The molecule has 0 heterocycles. The van der Waals surface area contributed by atoms with Crippen LogP contribution in [-0.4, -0.2) is 19.2 Å². The van der Waals surface area contributed by atoms with Gasteiger partial charge >= 0.3 is 5.97 Å². The van der Waals surface area contributed by atoms with E-state index in [1.165, 1.54) is 0 Å². The number of carbonyl (C=O) groups is 1. The van der Waals surface area contributed by atoms with Gasteiger partial charge in [-0.3, -0.25) is 4.79 Å². The summed E-state index contributed by atoms with van der Waals surface area (Å²) < 4.78 is 4.81. The molecule has 83 valence electrons. The van der Waals surface area contributed by atoms with Gasteiger partial charge in [0.2, 0.25) is 0 Å². The highest BCUT2D eigenvalue weighted by Crippen LogP contribution is 2.07. The number of carbonyl (C=O) groups excluding carboxylic acids is 1. The lowest BCUT2D eigenvalue weighted by atomic mass is 10.1. The molecule has 1 radical (unpaired) electrons. The molecule has 3 heteroatoms. The van der Waals surface area contributed by atoms with Crippen molar-refractivity contribution in [1.82, 2.24) is 0 Å². The molecule has 0 saturated heterocycles. The van der Waals surface area contributed by atoms with Crippen LogP contribution < -0.4 is 0 Å². The second-order valence-corrected chi connectivity index (χ2v) is 3.38. The summed E-state index contributed by atoms with van der Waals surface area (Å²) >= 11 is 0. The summed E-state index contributed by atoms with van der Waals surface area (Å²) in [5, 5.41) is 10.1. The molecule has 0 fully saturated rings. The predicted molar refractivity (Wildman–Crippen MR) is 54.5 cm³/mol. The van der Waals surface area contributed by atoms with Gasteiger partial charge in [0.05, 0.1) is 13.2 Å². The molecular weight excluding hydrogens is 180 g/mol. The fraction of sp³-hybridized carbons (Fsp3) is 0.909. The standard InChI is InChI=1S/C11H21O3/c1-2-14-11(13)9-7-5-3-4-6-8-10-12/h2-10H2,1H3. The van der Waals surface area contributed by atoms with E-state index in [1.54, 1.807) is 0 Å². The second kappa shape index (κ2) is 10.5. The van der Waals surface area contributed by atoms with E-state index in [0.29, 0.717) is 13.0 Å². The molecule has 0 unspecified atom stereocenters. The molecule has 0 atom stereocenters. The SMILES string of the molecule is CCOC(=O)CCCCCCCC[O]. The van der Waals surface area contributed by atoms with Crippen LogP contribution in [0.2, 0.25) is 0 Å². The van der Waals surface area contributed by atoms with Gasteiger partial charge in [-0.25, -0.2) is 5.11 Å². The van der Waals surface area contributed by atoms with Crippen LogP contribution in [0.25, 0.3) is 0 Å². The first kappa shape index (κ1) is 13.4. The molecule has 0 aliphatic heterocycles. The summed E-state index contributed by atoms with van der Waals surface area (Å²) in [7, 11) is 0. The first-order valence-corrected chi connectivity index (χ1v) is 5.55. The number of esters is 1. The van der Waals surface area contributed by atoms with Crippen molar-refractivity contribution < 1.29 is 14.6 Å². The van der Waals surface area contributed by atoms with E-state index in [2.05, 4.69) is 0 Å². The van der Waals surface area contributed by atoms with Crippen molar-refractivity contribution in [3.63, 3.8) is 0 Å². The van der Waals surface area contributed by atoms with Crippen molar-refractivity contribution >= 4 is 5.97 Å². The van der Waals surface area contributed by atoms with Gasteiger partial charge in [-0.2, -0.15) is 0 Å². The first-order chi connectivity index (χ1) is 6.81. The average molecular weight is 201 g/mol. The Morgan fingerprint density at radius 2 is 1.57 bits per heavy atom. The number of hydrogen-bond acceptors (Lipinski definition) is 2. The number of unbranched alkanes of at least 4 members (excludes halogenated alkanes) is 5. The van der Waals surface area contributed by atoms with E-state index >= 15 is 0 Å². The lowest BCUT2D eigenvalue weighted by molar-refractivity contribution is -0.143. The maximum Gasteiger partial charge on any atom is 0.305 e. The Morgan fingerprint density at radius 3 is 2.14 bits per heavy atom. The van der Waals surface area contributed by atoms with Crippen LogP contribution in [0.15, 0.2) is 0 Å². The Labute approximate surface area is 86.5 Å². The smallest absolute Gasteiger partial charge is 0.305 e. The predicted octanol–water partition coefficient (Wildman–Crippen LogP) is 2.71. The van der Waals surface area contributed by atoms with Gasteiger partial charge in [0.25, 0.3) is 0 Å². The molecule has 0 aromatic heterocycles. The van der Waals surface area contributed by atoms with Gasteiger partial charge in [-0.05, 0) is 19.8 Å². The Hall–Kier alpha value is -0.570. The van der Waals surface area contributed by atoms with Crippen LogP contribution in [0.1, 0.15) is 51.9 Å². The van der Waals surface area contributed by atoms with Crippen molar-refractivity contribution in [2.45, 2.75) is 51.9 Å². The van der Waals surface area contributed by atoms with Gasteiger partial charge in [0, 0.05) is 6.42 Å². The Bertz CT molecular complexity index is 134. The fourth-order valence-corrected chi connectivity index (χ4v) is 1.31. The van der Waals surface area contributed by atoms with Gasteiger partial charge in [-0.1, -0.05) is 25.7 Å². The summed E-state index contributed by atoms with van der Waals surface area (Å²) in [5.41, 5.74) is 0. The molecular formula is C11H21O3. The quantitative estimate of drug-likeness (QED) is 0.425. The van der Waals surface area contributed by atoms with E-state index in [4.69, 9.17) is 4.74 Å². The summed E-state index contributed by atoms with van der Waals surface area (Å²) in [6.07, 6.45) is 6.58. The molecule has 0 rings (SSSR count). The van der Waals surface area contributed by atoms with E-state index in [-0.39, 0.29) is 12.6 Å². The Kier molecular flexibility index (Phi) is 10.1. The molecule has 14 heavy (non-hydrogen) atoms. The lowest BCUT2D eigenvalue weighted by Crippen LogP contribution is -2.03. The molecule has 0 amide bonds. The molecule has 0 aliphatic carbocycles. The fourth-order valence-electron chi connectivity index (χ4n) is 1.31. The number of rotatable bonds is 9. The largest absolute Gasteiger partial charge is 0.466 e. The third-order valence-corrected chi connectivity index (χ3v) is 2.08. The van der Waals surface area contributed by atoms with Crippen molar-refractivity contribution in [3.8, 4) is 0 Å². The third-order valence-electron chi connectivity index (χ3n) is 2.08. The van der Waals surface area contributed by atoms with Crippen molar-refractivity contribution in [3.05, 3.63) is 0 Å². The summed E-state index contributed by atoms with van der Waals surface area (Å²) in [6, 6.07) is 0. The highest BCUT2D eigenvalue weighted by Gasteiger charge is 2.00. The second-order valence-electron chi connectivity index (χ2n) is 3.38. The topological polar surface area (TPSA) is 46.2 Å². The molecule has 0 spiro atoms. The highest BCUT2D eigenvalue weighted by atomic mass is 16.5. The van der Waals surface area contributed by atoms with Crippen LogP contribution in [0, 0.1) is 0 Å². The molecule has 0 aliphatic rings. The maximum atomic E-state index is 10.9. The summed E-state index contributed by atoms with van der Waals surface area (Å²) in [5.74, 6) is -0.0907. The summed E-state index contributed by atoms with van der Waals surface area (Å²) in [6.45, 7) is 2.34. The van der Waals surface area contributed by atoms with Crippen molar-refractivity contribution in [2.75, 3.05) is 13.2 Å².